The highest BCUT2D eigenvalue weighted by molar-refractivity contribution is 5.71. The third kappa shape index (κ3) is 6.43. The normalized spacial score (nSPS) is 14.2. The van der Waals surface area contributed by atoms with Crippen molar-refractivity contribution in [2.24, 2.45) is 11.8 Å². The van der Waals surface area contributed by atoms with E-state index in [1.54, 1.807) is 20.2 Å². The number of aromatic nitrogens is 2. The predicted octanol–water partition coefficient (Wildman–Crippen LogP) is 3.86. The first-order valence-corrected chi connectivity index (χ1v) is 11.5. The number of aliphatic carboxylic acids is 1. The molecule has 178 valence electrons. The first kappa shape index (κ1) is 24.5. The summed E-state index contributed by atoms with van der Waals surface area (Å²) in [6.45, 7) is 4.86. The molecule has 2 atom stereocenters. The van der Waals surface area contributed by atoms with E-state index in [1.807, 2.05) is 12.1 Å². The highest BCUT2D eigenvalue weighted by atomic mass is 16.7. The summed E-state index contributed by atoms with van der Waals surface area (Å²) in [5.74, 6) is -2.53. The van der Waals surface area contributed by atoms with Crippen LogP contribution in [0.3, 0.4) is 0 Å². The third-order valence-electron chi connectivity index (χ3n) is 5.88. The van der Waals surface area contributed by atoms with Gasteiger partial charge in [-0.25, -0.2) is 4.98 Å². The van der Waals surface area contributed by atoms with E-state index < -0.39 is 30.1 Å². The van der Waals surface area contributed by atoms with E-state index in [2.05, 4.69) is 21.7 Å². The van der Waals surface area contributed by atoms with Gasteiger partial charge in [0.2, 0.25) is 6.29 Å². The number of hydrogen-bond acceptors (Lipinski definition) is 6. The average Bonchev–Trinajstić information content (AvgIpc) is 3.18. The Morgan fingerprint density at radius 2 is 1.88 bits per heavy atom. The van der Waals surface area contributed by atoms with Gasteiger partial charge in [0.25, 0.3) is 0 Å². The fourth-order valence-electron chi connectivity index (χ4n) is 4.12. The van der Waals surface area contributed by atoms with Crippen LogP contribution in [0.15, 0.2) is 30.6 Å². The predicted molar refractivity (Wildman–Crippen MR) is 121 cm³/mol. The number of imidazole rings is 1. The van der Waals surface area contributed by atoms with Crippen LogP contribution in [-0.2, 0) is 43.1 Å². The Bertz CT molecular complexity index is 997. The number of carboxylic acid groups (broad SMARTS) is 1. The number of unbranched alkanes of at least 4 members (excludes halogenated alkanes) is 1. The number of para-hydroxylation sites is 1. The molecule has 1 aliphatic heterocycles. The van der Waals surface area contributed by atoms with Gasteiger partial charge in [0.05, 0.1) is 17.9 Å². The second-order valence-electron chi connectivity index (χ2n) is 8.83. The number of esters is 2. The number of aryl methyl sites for hydroxylation is 1. The molecule has 0 saturated carbocycles. The molecular formula is C25H32N2O6. The van der Waals surface area contributed by atoms with E-state index in [0.717, 1.165) is 29.9 Å². The lowest BCUT2D eigenvalue weighted by atomic mass is 9.93. The highest BCUT2D eigenvalue weighted by Crippen LogP contribution is 2.28. The number of rotatable bonds is 11. The van der Waals surface area contributed by atoms with E-state index >= 15 is 0 Å². The SMILES string of the molecule is CC(=O)OC(OC(=O)CCCC[C@@H](Cc1ncn2c1CCc1ccccc1-2)C(=O)O)C(C)C. The maximum atomic E-state index is 12.1. The molecule has 0 aliphatic carbocycles. The minimum Gasteiger partial charge on any atom is -0.481 e. The van der Waals surface area contributed by atoms with Crippen molar-refractivity contribution in [3.05, 3.63) is 47.5 Å². The van der Waals surface area contributed by atoms with Crippen molar-refractivity contribution in [1.29, 1.82) is 0 Å². The monoisotopic (exact) mass is 456 g/mol. The average molecular weight is 457 g/mol. The first-order chi connectivity index (χ1) is 15.8. The summed E-state index contributed by atoms with van der Waals surface area (Å²) in [7, 11) is 0. The van der Waals surface area contributed by atoms with Crippen LogP contribution in [0.2, 0.25) is 0 Å². The van der Waals surface area contributed by atoms with Gasteiger partial charge >= 0.3 is 17.9 Å². The van der Waals surface area contributed by atoms with Gasteiger partial charge in [-0.3, -0.25) is 14.4 Å². The van der Waals surface area contributed by atoms with Gasteiger partial charge in [-0.15, -0.1) is 0 Å². The quantitative estimate of drug-likeness (QED) is 0.311. The van der Waals surface area contributed by atoms with Crippen LogP contribution in [0, 0.1) is 11.8 Å². The molecular weight excluding hydrogens is 424 g/mol. The van der Waals surface area contributed by atoms with Crippen LogP contribution in [0.25, 0.3) is 5.69 Å². The number of ether oxygens (including phenoxy) is 2. The number of nitrogens with zero attached hydrogens (tertiary/aromatic N) is 2. The van der Waals surface area contributed by atoms with Gasteiger partial charge in [-0.1, -0.05) is 38.5 Å². The largest absolute Gasteiger partial charge is 0.481 e. The van der Waals surface area contributed by atoms with E-state index in [-0.39, 0.29) is 12.3 Å². The topological polar surface area (TPSA) is 108 Å². The Balaban J connectivity index is 1.52. The summed E-state index contributed by atoms with van der Waals surface area (Å²) in [5, 5.41) is 9.73. The Labute approximate surface area is 193 Å². The molecule has 0 radical (unpaired) electrons. The molecule has 2 heterocycles. The minimum atomic E-state index is -0.904. The second-order valence-corrected chi connectivity index (χ2v) is 8.83. The fourth-order valence-corrected chi connectivity index (χ4v) is 4.12. The maximum Gasteiger partial charge on any atom is 0.308 e. The third-order valence-corrected chi connectivity index (χ3v) is 5.88. The number of benzene rings is 1. The van der Waals surface area contributed by atoms with E-state index in [9.17, 15) is 19.5 Å². The van der Waals surface area contributed by atoms with Gasteiger partial charge in [0, 0.05) is 37.1 Å². The summed E-state index contributed by atoms with van der Waals surface area (Å²) in [6, 6.07) is 8.19. The molecule has 0 saturated heterocycles. The standard InChI is InChI=1S/C25H32N2O6/c1-16(2)25(32-17(3)28)33-23(29)11-7-5-9-19(24(30)31)14-20-22-13-12-18-8-4-6-10-21(18)27(22)15-26-20/h4,6,8,10,15-16,19,25H,5,7,9,11-14H2,1-3H3,(H,30,31)/t19-,25?/m0/s1. The van der Waals surface area contributed by atoms with E-state index in [4.69, 9.17) is 9.47 Å². The molecule has 3 rings (SSSR count). The lowest BCUT2D eigenvalue weighted by Gasteiger charge is -2.21. The van der Waals surface area contributed by atoms with Gasteiger partial charge < -0.3 is 19.1 Å². The fraction of sp³-hybridized carbons (Fsp3) is 0.520. The number of carboxylic acids is 1. The van der Waals surface area contributed by atoms with Crippen molar-refractivity contribution in [2.75, 3.05) is 0 Å². The molecule has 8 nitrogen and oxygen atoms in total. The molecule has 1 aromatic heterocycles. The van der Waals surface area contributed by atoms with Gasteiger partial charge in [-0.05, 0) is 37.3 Å². The zero-order valence-corrected chi connectivity index (χ0v) is 19.5. The number of fused-ring (bicyclic) bond motifs is 3. The second kappa shape index (κ2) is 11.1. The van der Waals surface area contributed by atoms with Crippen molar-refractivity contribution >= 4 is 17.9 Å². The zero-order chi connectivity index (χ0) is 24.0. The summed E-state index contributed by atoms with van der Waals surface area (Å²) in [4.78, 5) is 39.6. The van der Waals surface area contributed by atoms with Gasteiger partial charge in [0.1, 0.15) is 0 Å². The van der Waals surface area contributed by atoms with Crippen molar-refractivity contribution in [3.8, 4) is 5.69 Å². The zero-order valence-electron chi connectivity index (χ0n) is 19.5. The summed E-state index contributed by atoms with van der Waals surface area (Å²) in [6.07, 6.45) is 4.67. The van der Waals surface area contributed by atoms with E-state index in [0.29, 0.717) is 25.7 Å². The van der Waals surface area contributed by atoms with E-state index in [1.165, 1.54) is 12.5 Å². The van der Waals surface area contributed by atoms with Crippen LogP contribution < -0.4 is 0 Å². The molecule has 1 aromatic carbocycles. The lowest BCUT2D eigenvalue weighted by molar-refractivity contribution is -0.194. The van der Waals surface area contributed by atoms with Crippen molar-refractivity contribution in [3.63, 3.8) is 0 Å². The smallest absolute Gasteiger partial charge is 0.308 e. The number of carbonyl (C=O) groups is 3. The molecule has 0 spiro atoms. The van der Waals surface area contributed by atoms with Crippen molar-refractivity contribution in [2.45, 2.75) is 72.0 Å². The molecule has 8 heteroatoms. The minimum absolute atomic E-state index is 0.146. The molecule has 0 fully saturated rings. The van der Waals surface area contributed by atoms with Crippen molar-refractivity contribution < 1.29 is 29.0 Å². The van der Waals surface area contributed by atoms with Crippen LogP contribution in [-0.4, -0.2) is 38.9 Å². The van der Waals surface area contributed by atoms with Crippen LogP contribution in [0.4, 0.5) is 0 Å². The highest BCUT2D eigenvalue weighted by Gasteiger charge is 2.25. The van der Waals surface area contributed by atoms with Gasteiger partial charge in [0.15, 0.2) is 0 Å². The Morgan fingerprint density at radius 1 is 1.12 bits per heavy atom. The maximum absolute atomic E-state index is 12.1. The van der Waals surface area contributed by atoms with Crippen LogP contribution in [0.5, 0.6) is 0 Å². The summed E-state index contributed by atoms with van der Waals surface area (Å²) >= 11 is 0. The van der Waals surface area contributed by atoms with Crippen LogP contribution >= 0.6 is 0 Å². The molecule has 0 amide bonds. The van der Waals surface area contributed by atoms with Crippen LogP contribution in [0.1, 0.15) is 63.4 Å². The molecule has 33 heavy (non-hydrogen) atoms. The Morgan fingerprint density at radius 3 is 2.58 bits per heavy atom. The van der Waals surface area contributed by atoms with Crippen molar-refractivity contribution in [1.82, 2.24) is 9.55 Å². The Hall–Kier alpha value is -3.16. The first-order valence-electron chi connectivity index (χ1n) is 11.5. The number of carbonyl (C=O) groups excluding carboxylic acids is 2. The molecule has 1 N–H and O–H groups in total. The summed E-state index contributed by atoms with van der Waals surface area (Å²) in [5.41, 5.74) is 4.28. The molecule has 0 bridgehead atoms. The number of hydrogen-bond donors (Lipinski definition) is 1. The summed E-state index contributed by atoms with van der Waals surface area (Å²) < 4.78 is 12.3. The molecule has 1 unspecified atom stereocenters. The molecule has 1 aliphatic rings. The lowest BCUT2D eigenvalue weighted by Crippen LogP contribution is -2.28. The Kier molecular flexibility index (Phi) is 8.25. The molecule has 2 aromatic rings. The van der Waals surface area contributed by atoms with Gasteiger partial charge in [-0.2, -0.15) is 0 Å².